The van der Waals surface area contributed by atoms with Crippen LogP contribution in [0.25, 0.3) is 6.08 Å². The number of aryl methyl sites for hydroxylation is 2. The molecule has 0 spiro atoms. The van der Waals surface area contributed by atoms with Crippen molar-refractivity contribution in [3.63, 3.8) is 0 Å². The van der Waals surface area contributed by atoms with Gasteiger partial charge in [0.05, 0.1) is 0 Å². The van der Waals surface area contributed by atoms with E-state index in [4.69, 9.17) is 4.74 Å². The van der Waals surface area contributed by atoms with Gasteiger partial charge >= 0.3 is 5.97 Å². The van der Waals surface area contributed by atoms with E-state index in [0.717, 1.165) is 42.8 Å². The van der Waals surface area contributed by atoms with Crippen LogP contribution < -0.4 is 5.32 Å². The number of ether oxygens (including phenoxy) is 1. The summed E-state index contributed by atoms with van der Waals surface area (Å²) in [5.74, 6) is -1.18. The zero-order valence-electron chi connectivity index (χ0n) is 18.8. The molecule has 164 valence electrons. The number of benzene rings is 1. The third-order valence-corrected chi connectivity index (χ3v) is 5.15. The lowest BCUT2D eigenvalue weighted by Gasteiger charge is -2.14. The van der Waals surface area contributed by atoms with Gasteiger partial charge < -0.3 is 14.6 Å². The van der Waals surface area contributed by atoms with Gasteiger partial charge in [0.1, 0.15) is 11.6 Å². The van der Waals surface area contributed by atoms with Crippen LogP contribution in [0.3, 0.4) is 0 Å². The van der Waals surface area contributed by atoms with Crippen LogP contribution in [0.2, 0.25) is 0 Å². The Kier molecular flexibility index (Phi) is 9.08. The minimum absolute atomic E-state index is 0.0543. The third-order valence-electron chi connectivity index (χ3n) is 5.15. The van der Waals surface area contributed by atoms with Crippen molar-refractivity contribution in [3.8, 4) is 6.07 Å². The highest BCUT2D eigenvalue weighted by Crippen LogP contribution is 2.19. The molecule has 1 atom stereocenters. The molecule has 2 rings (SSSR count). The van der Waals surface area contributed by atoms with Crippen LogP contribution in [-0.2, 0) is 27.3 Å². The molecule has 1 heterocycles. The number of aromatic nitrogens is 1. The summed E-state index contributed by atoms with van der Waals surface area (Å²) in [5, 5.41) is 12.2. The monoisotopic (exact) mass is 421 g/mol. The molecule has 1 aromatic carbocycles. The Bertz CT molecular complexity index is 968. The Hall–Kier alpha value is -3.33. The van der Waals surface area contributed by atoms with Gasteiger partial charge in [0.25, 0.3) is 5.91 Å². The van der Waals surface area contributed by atoms with E-state index < -0.39 is 12.6 Å². The molecule has 0 unspecified atom stereocenters. The number of rotatable bonds is 10. The molecule has 0 aliphatic heterocycles. The molecule has 6 nitrogen and oxygen atoms in total. The number of hydrogen-bond acceptors (Lipinski definition) is 4. The molecule has 0 radical (unpaired) electrons. The van der Waals surface area contributed by atoms with Gasteiger partial charge in [-0.15, -0.1) is 0 Å². The molecular weight excluding hydrogens is 390 g/mol. The van der Waals surface area contributed by atoms with E-state index >= 15 is 0 Å². The fraction of sp³-hybridized carbons (Fsp3) is 0.400. The predicted octanol–water partition coefficient (Wildman–Crippen LogP) is 4.10. The largest absolute Gasteiger partial charge is 0.451 e. The van der Waals surface area contributed by atoms with Gasteiger partial charge in [-0.25, -0.2) is 4.79 Å². The molecule has 0 saturated carbocycles. The molecule has 1 aromatic heterocycles. The minimum atomic E-state index is -0.796. The maximum Gasteiger partial charge on any atom is 0.349 e. The normalized spacial score (nSPS) is 12.2. The van der Waals surface area contributed by atoms with Crippen molar-refractivity contribution in [1.29, 1.82) is 5.26 Å². The maximum atomic E-state index is 12.3. The number of hydrogen-bond donors (Lipinski definition) is 1. The van der Waals surface area contributed by atoms with Gasteiger partial charge in [-0.2, -0.15) is 5.26 Å². The van der Waals surface area contributed by atoms with Crippen LogP contribution in [-0.4, -0.2) is 29.1 Å². The first-order chi connectivity index (χ1) is 14.8. The lowest BCUT2D eigenvalue weighted by atomic mass is 10.1. The number of nitrogens with one attached hydrogen (secondary N) is 1. The summed E-state index contributed by atoms with van der Waals surface area (Å²) >= 11 is 0. The Morgan fingerprint density at radius 1 is 1.26 bits per heavy atom. The van der Waals surface area contributed by atoms with Crippen molar-refractivity contribution < 1.29 is 14.3 Å². The number of amides is 1. The van der Waals surface area contributed by atoms with Crippen molar-refractivity contribution >= 4 is 18.0 Å². The zero-order chi connectivity index (χ0) is 22.8. The van der Waals surface area contributed by atoms with Gasteiger partial charge in [0, 0.05) is 24.0 Å². The van der Waals surface area contributed by atoms with E-state index in [9.17, 15) is 14.9 Å². The maximum absolute atomic E-state index is 12.3. The highest BCUT2D eigenvalue weighted by molar-refractivity contribution is 5.99. The Labute approximate surface area is 184 Å². The topological polar surface area (TPSA) is 84.1 Å². The first kappa shape index (κ1) is 23.9. The van der Waals surface area contributed by atoms with Crippen LogP contribution in [0.5, 0.6) is 0 Å². The van der Waals surface area contributed by atoms with Crippen molar-refractivity contribution in [3.05, 3.63) is 64.5 Å². The molecule has 0 aliphatic carbocycles. The van der Waals surface area contributed by atoms with Gasteiger partial charge in [-0.3, -0.25) is 4.79 Å². The molecule has 0 saturated heterocycles. The quantitative estimate of drug-likeness (QED) is 0.356. The second-order valence-electron chi connectivity index (χ2n) is 7.72. The smallest absolute Gasteiger partial charge is 0.349 e. The van der Waals surface area contributed by atoms with E-state index in [2.05, 4.69) is 16.8 Å². The second-order valence-corrected chi connectivity index (χ2v) is 7.72. The van der Waals surface area contributed by atoms with Gasteiger partial charge in [-0.05, 0) is 63.3 Å². The summed E-state index contributed by atoms with van der Waals surface area (Å²) in [7, 11) is 0. The Morgan fingerprint density at radius 2 is 1.97 bits per heavy atom. The molecule has 1 amide bonds. The number of esters is 1. The standard InChI is InChI=1S/C25H31N3O3/c1-5-13-28-19(3)14-22(20(28)4)15-23(16-26)25(30)31-17-24(29)27-18(2)11-12-21-9-7-6-8-10-21/h6-10,14-15,18H,5,11-13,17H2,1-4H3,(H,27,29)/b23-15+/t18-/m0/s1. The molecule has 1 N–H and O–H groups in total. The average molecular weight is 422 g/mol. The van der Waals surface area contributed by atoms with Gasteiger partial charge in [0.15, 0.2) is 6.61 Å². The van der Waals surface area contributed by atoms with Crippen LogP contribution in [0.1, 0.15) is 49.2 Å². The SMILES string of the molecule is CCCn1c(C)cc(/C=C(\C#N)C(=O)OCC(=O)N[C@@H](C)CCc2ccccc2)c1C. The molecule has 0 bridgehead atoms. The molecule has 31 heavy (non-hydrogen) atoms. The predicted molar refractivity (Wildman–Crippen MR) is 121 cm³/mol. The molecule has 0 fully saturated rings. The van der Waals surface area contributed by atoms with E-state index in [1.54, 1.807) is 0 Å². The zero-order valence-corrected chi connectivity index (χ0v) is 18.8. The molecule has 2 aromatic rings. The van der Waals surface area contributed by atoms with Crippen molar-refractivity contribution in [2.24, 2.45) is 0 Å². The van der Waals surface area contributed by atoms with E-state index in [1.807, 2.05) is 63.2 Å². The number of nitriles is 1. The average Bonchev–Trinajstić information content (AvgIpc) is 3.02. The van der Waals surface area contributed by atoms with E-state index in [0.29, 0.717) is 0 Å². The minimum Gasteiger partial charge on any atom is -0.451 e. The summed E-state index contributed by atoms with van der Waals surface area (Å²) in [6.45, 7) is 8.42. The number of carbonyl (C=O) groups is 2. The first-order valence-electron chi connectivity index (χ1n) is 10.6. The number of nitrogens with zero attached hydrogens (tertiary/aromatic N) is 2. The lowest BCUT2D eigenvalue weighted by molar-refractivity contribution is -0.144. The van der Waals surface area contributed by atoms with Crippen LogP contribution in [0.4, 0.5) is 0 Å². The summed E-state index contributed by atoms with van der Waals surface area (Å²) in [4.78, 5) is 24.4. The van der Waals surface area contributed by atoms with Crippen LogP contribution in [0, 0.1) is 25.2 Å². The molecule has 6 heteroatoms. The van der Waals surface area contributed by atoms with Gasteiger partial charge in [-0.1, -0.05) is 37.3 Å². The summed E-state index contributed by atoms with van der Waals surface area (Å²) in [6.07, 6.45) is 4.14. The van der Waals surface area contributed by atoms with Gasteiger partial charge in [0.2, 0.25) is 0 Å². The third kappa shape index (κ3) is 7.14. The first-order valence-corrected chi connectivity index (χ1v) is 10.6. The Balaban J connectivity index is 1.88. The summed E-state index contributed by atoms with van der Waals surface area (Å²) in [5.41, 5.74) is 3.95. The highest BCUT2D eigenvalue weighted by Gasteiger charge is 2.16. The fourth-order valence-electron chi connectivity index (χ4n) is 3.46. The summed E-state index contributed by atoms with van der Waals surface area (Å²) in [6, 6.07) is 13.8. The Morgan fingerprint density at radius 3 is 2.61 bits per heavy atom. The van der Waals surface area contributed by atoms with Crippen molar-refractivity contribution in [2.75, 3.05) is 6.61 Å². The van der Waals surface area contributed by atoms with Crippen molar-refractivity contribution in [1.82, 2.24) is 9.88 Å². The molecular formula is C25H31N3O3. The summed E-state index contributed by atoms with van der Waals surface area (Å²) < 4.78 is 7.22. The lowest BCUT2D eigenvalue weighted by Crippen LogP contribution is -2.36. The molecule has 0 aliphatic rings. The van der Waals surface area contributed by atoms with Crippen LogP contribution >= 0.6 is 0 Å². The van der Waals surface area contributed by atoms with Crippen molar-refractivity contribution in [2.45, 2.75) is 59.5 Å². The second kappa shape index (κ2) is 11.8. The van der Waals surface area contributed by atoms with E-state index in [-0.39, 0.29) is 17.5 Å². The highest BCUT2D eigenvalue weighted by atomic mass is 16.5. The number of carbonyl (C=O) groups excluding carboxylic acids is 2. The fourth-order valence-corrected chi connectivity index (χ4v) is 3.46. The van der Waals surface area contributed by atoms with Crippen LogP contribution in [0.15, 0.2) is 42.0 Å². The van der Waals surface area contributed by atoms with E-state index in [1.165, 1.54) is 11.6 Å².